The average Bonchev–Trinajstić information content (AvgIpc) is 3.40. The minimum Gasteiger partial charge on any atom is -0.497 e. The normalized spacial score (nSPS) is 23.2. The molecule has 2 aromatic carbocycles. The number of fused-ring (bicyclic) bond motifs is 1. The first-order valence-electron chi connectivity index (χ1n) is 10.1. The van der Waals surface area contributed by atoms with Crippen molar-refractivity contribution in [3.8, 4) is 5.75 Å². The summed E-state index contributed by atoms with van der Waals surface area (Å²) in [5.74, 6) is 1.67. The third kappa shape index (κ3) is 3.51. The van der Waals surface area contributed by atoms with Crippen LogP contribution in [-0.4, -0.2) is 32.9 Å². The van der Waals surface area contributed by atoms with Crippen LogP contribution in [0.5, 0.6) is 5.75 Å². The summed E-state index contributed by atoms with van der Waals surface area (Å²) in [4.78, 5) is 0. The van der Waals surface area contributed by atoms with Gasteiger partial charge in [-0.3, -0.25) is 0 Å². The number of hydrogen-bond donors (Lipinski definition) is 2. The second-order valence-corrected chi connectivity index (χ2v) is 8.97. The summed E-state index contributed by atoms with van der Waals surface area (Å²) in [7, 11) is 1.67. The van der Waals surface area contributed by atoms with E-state index in [0.717, 1.165) is 34.4 Å². The number of benzene rings is 2. The molecule has 3 heterocycles. The SMILES string of the molecule is COc1ccc(C2=Nn3c(nnc3C3CC(c4ccc(C)cc4)NN3)SC2C)cc1. The molecule has 2 aliphatic heterocycles. The quantitative estimate of drug-likeness (QED) is 0.671. The highest BCUT2D eigenvalue weighted by Crippen LogP contribution is 2.35. The van der Waals surface area contributed by atoms with E-state index in [0.29, 0.717) is 0 Å². The molecule has 30 heavy (non-hydrogen) atoms. The van der Waals surface area contributed by atoms with Gasteiger partial charge >= 0.3 is 0 Å². The third-order valence-electron chi connectivity index (χ3n) is 5.59. The maximum Gasteiger partial charge on any atom is 0.212 e. The first-order valence-corrected chi connectivity index (χ1v) is 10.9. The molecule has 1 fully saturated rings. The largest absolute Gasteiger partial charge is 0.497 e. The molecule has 0 saturated carbocycles. The number of hydrogen-bond acceptors (Lipinski definition) is 7. The lowest BCUT2D eigenvalue weighted by atomic mass is 10.0. The van der Waals surface area contributed by atoms with Gasteiger partial charge in [0.2, 0.25) is 5.16 Å². The number of thioether (sulfide) groups is 1. The fraction of sp³-hybridized carbons (Fsp3) is 0.318. The van der Waals surface area contributed by atoms with E-state index in [4.69, 9.17) is 9.84 Å². The summed E-state index contributed by atoms with van der Waals surface area (Å²) in [6.45, 7) is 4.25. The molecule has 3 aromatic rings. The highest BCUT2D eigenvalue weighted by molar-refractivity contribution is 8.00. The second-order valence-electron chi connectivity index (χ2n) is 7.67. The third-order valence-corrected chi connectivity index (χ3v) is 6.63. The standard InChI is InChI=1S/C22H24N6OS/c1-13-4-6-15(7-5-13)18-12-19(24-23-18)21-25-26-22-28(21)27-20(14(2)30-22)16-8-10-17(29-3)11-9-16/h4-11,14,18-19,23-24H,12H2,1-3H3. The molecule has 5 rings (SSSR count). The molecule has 1 saturated heterocycles. The zero-order valence-corrected chi connectivity index (χ0v) is 18.0. The highest BCUT2D eigenvalue weighted by atomic mass is 32.2. The minimum atomic E-state index is 0.0347. The fourth-order valence-electron chi connectivity index (χ4n) is 3.86. The summed E-state index contributed by atoms with van der Waals surface area (Å²) < 4.78 is 7.17. The Bertz CT molecular complexity index is 1080. The molecule has 8 heteroatoms. The van der Waals surface area contributed by atoms with Crippen molar-refractivity contribution in [1.29, 1.82) is 0 Å². The Kier molecular flexibility index (Phi) is 5.06. The van der Waals surface area contributed by atoms with Gasteiger partial charge in [0.25, 0.3) is 0 Å². The Morgan fingerprint density at radius 1 is 1.00 bits per heavy atom. The van der Waals surface area contributed by atoms with E-state index in [2.05, 4.69) is 59.2 Å². The summed E-state index contributed by atoms with van der Waals surface area (Å²) in [6, 6.07) is 16.9. The van der Waals surface area contributed by atoms with E-state index in [1.807, 2.05) is 28.9 Å². The number of nitrogens with zero attached hydrogens (tertiary/aromatic N) is 4. The average molecular weight is 421 g/mol. The lowest BCUT2D eigenvalue weighted by molar-refractivity contribution is 0.415. The van der Waals surface area contributed by atoms with Crippen molar-refractivity contribution in [2.75, 3.05) is 7.11 Å². The van der Waals surface area contributed by atoms with E-state index in [1.54, 1.807) is 18.9 Å². The minimum absolute atomic E-state index is 0.0347. The van der Waals surface area contributed by atoms with E-state index in [9.17, 15) is 0 Å². The van der Waals surface area contributed by atoms with Crippen molar-refractivity contribution in [2.45, 2.75) is 42.8 Å². The van der Waals surface area contributed by atoms with Gasteiger partial charge in [-0.05, 0) is 55.7 Å². The smallest absolute Gasteiger partial charge is 0.212 e. The Labute approximate surface area is 179 Å². The van der Waals surface area contributed by atoms with Crippen molar-refractivity contribution in [3.05, 3.63) is 71.0 Å². The van der Waals surface area contributed by atoms with Crippen LogP contribution in [0.2, 0.25) is 0 Å². The molecule has 1 aromatic heterocycles. The number of rotatable bonds is 4. The number of ether oxygens (including phenoxy) is 1. The maximum absolute atomic E-state index is 5.28. The summed E-state index contributed by atoms with van der Waals surface area (Å²) in [5, 5.41) is 14.8. The monoisotopic (exact) mass is 420 g/mol. The molecule has 0 spiro atoms. The van der Waals surface area contributed by atoms with Gasteiger partial charge in [-0.25, -0.2) is 10.9 Å². The van der Waals surface area contributed by atoms with Crippen molar-refractivity contribution in [2.24, 2.45) is 5.10 Å². The number of nitrogens with one attached hydrogen (secondary N) is 2. The summed E-state index contributed by atoms with van der Waals surface area (Å²) in [6.07, 6.45) is 0.884. The van der Waals surface area contributed by atoms with Gasteiger partial charge in [-0.2, -0.15) is 9.78 Å². The van der Waals surface area contributed by atoms with Crippen LogP contribution in [-0.2, 0) is 0 Å². The van der Waals surface area contributed by atoms with Crippen LogP contribution in [0, 0.1) is 6.92 Å². The van der Waals surface area contributed by atoms with Gasteiger partial charge in [0, 0.05) is 6.04 Å². The Hall–Kier alpha value is -2.68. The van der Waals surface area contributed by atoms with Crippen molar-refractivity contribution >= 4 is 17.5 Å². The maximum atomic E-state index is 5.28. The first kappa shape index (κ1) is 19.3. The van der Waals surface area contributed by atoms with Gasteiger partial charge in [-0.15, -0.1) is 10.2 Å². The zero-order chi connectivity index (χ0) is 20.7. The molecule has 0 bridgehead atoms. The van der Waals surface area contributed by atoms with Crippen LogP contribution in [0.15, 0.2) is 58.8 Å². The van der Waals surface area contributed by atoms with Crippen molar-refractivity contribution in [3.63, 3.8) is 0 Å². The molecule has 2 aliphatic rings. The summed E-state index contributed by atoms with van der Waals surface area (Å²) >= 11 is 1.68. The predicted octanol–water partition coefficient (Wildman–Crippen LogP) is 3.62. The van der Waals surface area contributed by atoms with E-state index in [1.165, 1.54) is 11.1 Å². The molecule has 7 nitrogen and oxygen atoms in total. The zero-order valence-electron chi connectivity index (χ0n) is 17.2. The van der Waals surface area contributed by atoms with Gasteiger partial charge in [0.15, 0.2) is 5.82 Å². The van der Waals surface area contributed by atoms with Gasteiger partial charge in [0.05, 0.1) is 24.1 Å². The van der Waals surface area contributed by atoms with E-state index >= 15 is 0 Å². The first-order chi connectivity index (χ1) is 14.6. The molecule has 2 N–H and O–H groups in total. The van der Waals surface area contributed by atoms with Crippen LogP contribution in [0.25, 0.3) is 0 Å². The van der Waals surface area contributed by atoms with Crippen LogP contribution < -0.4 is 15.6 Å². The highest BCUT2D eigenvalue weighted by Gasteiger charge is 2.33. The van der Waals surface area contributed by atoms with Gasteiger partial charge in [-0.1, -0.05) is 41.6 Å². The van der Waals surface area contributed by atoms with Gasteiger partial charge in [0.1, 0.15) is 5.75 Å². The molecule has 0 amide bonds. The van der Waals surface area contributed by atoms with Crippen molar-refractivity contribution < 1.29 is 4.74 Å². The van der Waals surface area contributed by atoms with Crippen LogP contribution in [0.3, 0.4) is 0 Å². The fourth-order valence-corrected chi connectivity index (χ4v) is 4.79. The molecule has 0 aliphatic carbocycles. The Morgan fingerprint density at radius 3 is 2.47 bits per heavy atom. The van der Waals surface area contributed by atoms with Crippen LogP contribution >= 0.6 is 11.8 Å². The Balaban J connectivity index is 1.42. The predicted molar refractivity (Wildman–Crippen MR) is 118 cm³/mol. The molecular formula is C22H24N6OS. The van der Waals surface area contributed by atoms with Gasteiger partial charge < -0.3 is 4.74 Å². The molecule has 154 valence electrons. The molecule has 0 radical (unpaired) electrons. The number of methoxy groups -OCH3 is 1. The van der Waals surface area contributed by atoms with Crippen LogP contribution in [0.4, 0.5) is 0 Å². The lowest BCUT2D eigenvalue weighted by Crippen LogP contribution is -2.28. The number of aryl methyl sites for hydroxylation is 1. The molecule has 3 atom stereocenters. The number of aromatic nitrogens is 3. The topological polar surface area (TPSA) is 76.4 Å². The molecular weight excluding hydrogens is 396 g/mol. The van der Waals surface area contributed by atoms with Crippen molar-refractivity contribution in [1.82, 2.24) is 25.7 Å². The second kappa shape index (κ2) is 7.86. The summed E-state index contributed by atoms with van der Waals surface area (Å²) in [5.41, 5.74) is 11.4. The van der Waals surface area contributed by atoms with E-state index < -0.39 is 0 Å². The van der Waals surface area contributed by atoms with E-state index in [-0.39, 0.29) is 17.3 Å². The Morgan fingerprint density at radius 2 is 1.73 bits per heavy atom. The van der Waals surface area contributed by atoms with Crippen LogP contribution in [0.1, 0.15) is 47.9 Å². The lowest BCUT2D eigenvalue weighted by Gasteiger charge is -2.21. The number of hydrazine groups is 1. The molecule has 3 unspecified atom stereocenters.